The van der Waals surface area contributed by atoms with Crippen LogP contribution in [0.15, 0.2) is 24.5 Å². The molecule has 2 rings (SSSR count). The van der Waals surface area contributed by atoms with E-state index in [9.17, 15) is 0 Å². The molecule has 3 heteroatoms. The first-order valence-electron chi connectivity index (χ1n) is 3.73. The largest absolute Gasteiger partial charge is 0.360 e. The molecule has 0 aliphatic heterocycles. The summed E-state index contributed by atoms with van der Waals surface area (Å²) in [6.45, 7) is 0. The normalized spacial score (nSPS) is 8.85. The maximum atomic E-state index is 8.25. The van der Waals surface area contributed by atoms with Crippen LogP contribution in [0.2, 0.25) is 0 Å². The van der Waals surface area contributed by atoms with E-state index in [1.165, 1.54) is 0 Å². The maximum absolute atomic E-state index is 8.25. The molecule has 1 N–H and O–H groups in total. The lowest BCUT2D eigenvalue weighted by molar-refractivity contribution is 1.39. The molecule has 0 fully saturated rings. The molecule has 3 nitrogen and oxygen atoms in total. The molecule has 0 spiro atoms. The summed E-state index contributed by atoms with van der Waals surface area (Å²) in [7, 11) is 0. The molecule has 0 unspecified atom stereocenters. The van der Waals surface area contributed by atoms with Gasteiger partial charge in [0.15, 0.2) is 6.07 Å². The molecule has 0 amide bonds. The van der Waals surface area contributed by atoms with Gasteiger partial charge in [-0.15, -0.1) is 0 Å². The van der Waals surface area contributed by atoms with Gasteiger partial charge in [0.1, 0.15) is 0 Å². The molecule has 0 bridgehead atoms. The first-order chi connectivity index (χ1) is 6.40. The van der Waals surface area contributed by atoms with Gasteiger partial charge in [0.05, 0.1) is 11.0 Å². The van der Waals surface area contributed by atoms with Gasteiger partial charge < -0.3 is 4.98 Å². The van der Waals surface area contributed by atoms with E-state index in [4.69, 9.17) is 5.26 Å². The molecular weight excluding hydrogens is 162 g/mol. The lowest BCUT2D eigenvalue weighted by atomic mass is 10.2. The third-order valence-electron chi connectivity index (χ3n) is 1.66. The van der Waals surface area contributed by atoms with Gasteiger partial charge >= 0.3 is 0 Å². The van der Waals surface area contributed by atoms with Crippen LogP contribution in [-0.4, -0.2) is 9.97 Å². The lowest BCUT2D eigenvalue weighted by Crippen LogP contribution is -1.78. The number of fused-ring (bicyclic) bond motifs is 1. The van der Waals surface area contributed by atoms with Crippen LogP contribution < -0.4 is 0 Å². The van der Waals surface area contributed by atoms with E-state index in [0.29, 0.717) is 0 Å². The Labute approximate surface area is 75.0 Å². The minimum absolute atomic E-state index is 0.747. The predicted molar refractivity (Wildman–Crippen MR) is 48.6 cm³/mol. The summed E-state index contributed by atoms with van der Waals surface area (Å²) in [5.41, 5.74) is 2.59. The third kappa shape index (κ3) is 1.36. The van der Waals surface area contributed by atoms with Crippen molar-refractivity contribution in [1.29, 1.82) is 5.26 Å². The fraction of sp³-hybridized carbons (Fsp3) is 0. The van der Waals surface area contributed by atoms with Crippen molar-refractivity contribution in [3.8, 4) is 17.9 Å². The Kier molecular flexibility index (Phi) is 1.71. The highest BCUT2D eigenvalue weighted by Crippen LogP contribution is 2.09. The first-order valence-corrected chi connectivity index (χ1v) is 3.73. The van der Waals surface area contributed by atoms with E-state index in [0.717, 1.165) is 16.6 Å². The number of nitrogens with one attached hydrogen (secondary N) is 1. The third-order valence-corrected chi connectivity index (χ3v) is 1.66. The van der Waals surface area contributed by atoms with E-state index in [-0.39, 0.29) is 0 Å². The Morgan fingerprint density at radius 2 is 2.38 bits per heavy atom. The van der Waals surface area contributed by atoms with Gasteiger partial charge in [0.2, 0.25) is 0 Å². The van der Waals surface area contributed by atoms with Gasteiger partial charge in [-0.05, 0) is 18.1 Å². The topological polar surface area (TPSA) is 52.5 Å². The zero-order valence-electron chi connectivity index (χ0n) is 6.70. The minimum Gasteiger partial charge on any atom is -0.360 e. The van der Waals surface area contributed by atoms with Crippen LogP contribution in [0.25, 0.3) is 11.0 Å². The van der Waals surface area contributed by atoms with Gasteiger partial charge in [-0.1, -0.05) is 0 Å². The Balaban J connectivity index is 2.56. The Hall–Kier alpha value is -2.26. The summed E-state index contributed by atoms with van der Waals surface area (Å²) in [4.78, 5) is 7.17. The molecule has 60 valence electrons. The number of H-pyrrole nitrogens is 1. The van der Waals surface area contributed by atoms with E-state index in [1.807, 2.05) is 18.3 Å². The zero-order chi connectivity index (χ0) is 9.10. The van der Waals surface area contributed by atoms with Crippen molar-refractivity contribution in [1.82, 2.24) is 9.97 Å². The standard InChI is InChI=1S/C10H5N3/c11-4-1-2-8-6-10-9(13-7-8)3-5-12-10/h3,5-7,12H. The molecule has 0 aliphatic carbocycles. The van der Waals surface area contributed by atoms with Gasteiger partial charge in [0, 0.05) is 23.9 Å². The zero-order valence-corrected chi connectivity index (χ0v) is 6.70. The summed E-state index contributed by atoms with van der Waals surface area (Å²) in [5.74, 6) is 5.01. The summed E-state index contributed by atoms with van der Waals surface area (Å²) in [5, 5.41) is 8.25. The highest BCUT2D eigenvalue weighted by Gasteiger charge is 1.94. The van der Waals surface area contributed by atoms with Gasteiger partial charge in [-0.25, -0.2) is 0 Å². The van der Waals surface area contributed by atoms with Crippen LogP contribution in [0.5, 0.6) is 0 Å². The van der Waals surface area contributed by atoms with Crippen molar-refractivity contribution in [2.24, 2.45) is 0 Å². The fourth-order valence-corrected chi connectivity index (χ4v) is 1.10. The van der Waals surface area contributed by atoms with Crippen LogP contribution in [0.3, 0.4) is 0 Å². The molecule has 0 saturated heterocycles. The molecule has 0 radical (unpaired) electrons. The number of aromatic amines is 1. The highest BCUT2D eigenvalue weighted by molar-refractivity contribution is 5.75. The van der Waals surface area contributed by atoms with Gasteiger partial charge in [-0.3, -0.25) is 4.98 Å². The minimum atomic E-state index is 0.747. The monoisotopic (exact) mass is 167 g/mol. The van der Waals surface area contributed by atoms with E-state index in [2.05, 4.69) is 21.8 Å². The summed E-state index contributed by atoms with van der Waals surface area (Å²) in [6.07, 6.45) is 3.47. The van der Waals surface area contributed by atoms with Gasteiger partial charge in [0.25, 0.3) is 0 Å². The maximum Gasteiger partial charge on any atom is 0.152 e. The van der Waals surface area contributed by atoms with Gasteiger partial charge in [-0.2, -0.15) is 5.26 Å². The van der Waals surface area contributed by atoms with Crippen LogP contribution in [0.4, 0.5) is 0 Å². The lowest BCUT2D eigenvalue weighted by Gasteiger charge is -1.89. The van der Waals surface area contributed by atoms with Crippen molar-refractivity contribution in [3.05, 3.63) is 30.1 Å². The SMILES string of the molecule is N#CC#Cc1cnc2cc[nH]c2c1. The Morgan fingerprint density at radius 3 is 3.23 bits per heavy atom. The summed E-state index contributed by atoms with van der Waals surface area (Å²) in [6, 6.07) is 5.51. The number of pyridine rings is 1. The van der Waals surface area contributed by atoms with Crippen LogP contribution in [-0.2, 0) is 0 Å². The van der Waals surface area contributed by atoms with Crippen molar-refractivity contribution in [3.63, 3.8) is 0 Å². The van der Waals surface area contributed by atoms with Crippen LogP contribution >= 0.6 is 0 Å². The molecule has 0 aliphatic rings. The van der Waals surface area contributed by atoms with Crippen LogP contribution in [0, 0.1) is 23.2 Å². The second kappa shape index (κ2) is 3.00. The fourth-order valence-electron chi connectivity index (χ4n) is 1.10. The summed E-state index contributed by atoms with van der Waals surface area (Å²) >= 11 is 0. The number of rotatable bonds is 0. The Morgan fingerprint density at radius 1 is 1.46 bits per heavy atom. The second-order valence-electron chi connectivity index (χ2n) is 2.50. The molecule has 0 saturated carbocycles. The Bertz CT molecular complexity index is 534. The second-order valence-corrected chi connectivity index (χ2v) is 2.50. The molecule has 2 aromatic heterocycles. The average Bonchev–Trinajstić information content (AvgIpc) is 2.61. The van der Waals surface area contributed by atoms with Crippen molar-refractivity contribution in [2.45, 2.75) is 0 Å². The quantitative estimate of drug-likeness (QED) is 0.603. The first kappa shape index (κ1) is 7.39. The molecule has 2 heterocycles. The van der Waals surface area contributed by atoms with Crippen molar-refractivity contribution >= 4 is 11.0 Å². The number of hydrogen-bond donors (Lipinski definition) is 1. The van der Waals surface area contributed by atoms with Crippen molar-refractivity contribution < 1.29 is 0 Å². The van der Waals surface area contributed by atoms with Crippen LogP contribution in [0.1, 0.15) is 5.56 Å². The average molecular weight is 167 g/mol. The van der Waals surface area contributed by atoms with E-state index in [1.54, 1.807) is 12.3 Å². The van der Waals surface area contributed by atoms with Crippen molar-refractivity contribution in [2.75, 3.05) is 0 Å². The molecular formula is C10H5N3. The number of nitriles is 1. The van der Waals surface area contributed by atoms with E-state index < -0.39 is 0 Å². The predicted octanol–water partition coefficient (Wildman–Crippen LogP) is 1.44. The molecule has 2 aromatic rings. The highest BCUT2D eigenvalue weighted by atomic mass is 14.7. The smallest absolute Gasteiger partial charge is 0.152 e. The summed E-state index contributed by atoms with van der Waals surface area (Å²) < 4.78 is 0. The number of hydrogen-bond acceptors (Lipinski definition) is 2. The molecule has 0 aromatic carbocycles. The number of aromatic nitrogens is 2. The number of nitrogens with zero attached hydrogens (tertiary/aromatic N) is 2. The van der Waals surface area contributed by atoms with E-state index >= 15 is 0 Å². The molecule has 13 heavy (non-hydrogen) atoms. The molecule has 0 atom stereocenters.